The van der Waals surface area contributed by atoms with Crippen molar-refractivity contribution in [2.75, 3.05) is 0 Å². The van der Waals surface area contributed by atoms with Crippen LogP contribution in [0.1, 0.15) is 69.2 Å². The molecule has 2 aliphatic carbocycles. The average Bonchev–Trinajstić information content (AvgIpc) is 2.92. The summed E-state index contributed by atoms with van der Waals surface area (Å²) in [5, 5.41) is 15.9. The lowest BCUT2D eigenvalue weighted by Gasteiger charge is -2.31. The number of aryl methyl sites for hydroxylation is 1. The minimum atomic E-state index is -0.511. The van der Waals surface area contributed by atoms with E-state index in [1.165, 1.54) is 30.2 Å². The Kier molecular flexibility index (Phi) is 3.68. The fraction of sp³-hybridized carbons (Fsp3) is 0.550. The number of nitriles is 1. The summed E-state index contributed by atoms with van der Waals surface area (Å²) in [5.41, 5.74) is 2.87. The molecular weight excluding hydrogens is 298 g/mol. The lowest BCUT2D eigenvalue weighted by atomic mass is 9.70. The Morgan fingerprint density at radius 3 is 2.67 bits per heavy atom. The maximum atomic E-state index is 11.6. The Hall–Kier alpha value is -2.15. The number of nitrogens with zero attached hydrogens (tertiary/aromatic N) is 3. The molecule has 0 saturated heterocycles. The summed E-state index contributed by atoms with van der Waals surface area (Å²) >= 11 is 0. The molecule has 0 radical (unpaired) electrons. The van der Waals surface area contributed by atoms with Crippen LogP contribution >= 0.6 is 0 Å². The van der Waals surface area contributed by atoms with Crippen molar-refractivity contribution in [1.29, 1.82) is 5.26 Å². The highest BCUT2D eigenvalue weighted by molar-refractivity contribution is 5.84. The highest BCUT2D eigenvalue weighted by Crippen LogP contribution is 2.40. The van der Waals surface area contributed by atoms with Crippen LogP contribution in [0.25, 0.3) is 10.9 Å². The molecule has 0 amide bonds. The van der Waals surface area contributed by atoms with Gasteiger partial charge in [0, 0.05) is 18.2 Å². The molecule has 0 unspecified atom stereocenters. The van der Waals surface area contributed by atoms with Crippen LogP contribution in [0.2, 0.25) is 0 Å². The third-order valence-corrected chi connectivity index (χ3v) is 5.97. The van der Waals surface area contributed by atoms with Gasteiger partial charge in [0.25, 0.3) is 0 Å². The van der Waals surface area contributed by atoms with E-state index in [2.05, 4.69) is 35.9 Å². The van der Waals surface area contributed by atoms with E-state index < -0.39 is 5.41 Å². The molecule has 2 aromatic rings. The number of Topliss-reactive ketones (excluding diaryl/α,β-unsaturated/α-hetero) is 1. The standard InChI is InChI=1S/C20H23N3O/c1-2-18-17-7-6-14(20(13-21)10-8-16(24)9-11-20)12-19(17)23(22-18)15-4-3-5-15/h6-7,12,15H,2-5,8-11H2,1H3. The Balaban J connectivity index is 1.82. The predicted molar refractivity (Wildman–Crippen MR) is 92.8 cm³/mol. The largest absolute Gasteiger partial charge is 0.300 e. The van der Waals surface area contributed by atoms with Crippen LogP contribution < -0.4 is 0 Å². The molecular formula is C20H23N3O. The van der Waals surface area contributed by atoms with Gasteiger partial charge in [-0.2, -0.15) is 10.4 Å². The molecule has 1 aromatic heterocycles. The first-order valence-corrected chi connectivity index (χ1v) is 9.11. The highest BCUT2D eigenvalue weighted by Gasteiger charge is 2.37. The van der Waals surface area contributed by atoms with Gasteiger partial charge in [-0.1, -0.05) is 19.1 Å². The Morgan fingerprint density at radius 1 is 1.33 bits per heavy atom. The number of benzene rings is 1. The first-order valence-electron chi connectivity index (χ1n) is 9.11. The van der Waals surface area contributed by atoms with Gasteiger partial charge in [-0.3, -0.25) is 9.48 Å². The monoisotopic (exact) mass is 321 g/mol. The van der Waals surface area contributed by atoms with Crippen LogP contribution in [-0.2, 0) is 16.6 Å². The molecule has 0 bridgehead atoms. The fourth-order valence-electron chi connectivity index (χ4n) is 4.09. The fourth-order valence-corrected chi connectivity index (χ4v) is 4.09. The van der Waals surface area contributed by atoms with Gasteiger partial charge in [-0.15, -0.1) is 0 Å². The second-order valence-electron chi connectivity index (χ2n) is 7.29. The van der Waals surface area contributed by atoms with Crippen LogP contribution in [0, 0.1) is 11.3 Å². The second kappa shape index (κ2) is 5.73. The van der Waals surface area contributed by atoms with Crippen molar-refractivity contribution in [2.45, 2.75) is 69.7 Å². The van der Waals surface area contributed by atoms with E-state index in [4.69, 9.17) is 5.10 Å². The molecule has 124 valence electrons. The van der Waals surface area contributed by atoms with Gasteiger partial charge in [0.15, 0.2) is 0 Å². The van der Waals surface area contributed by atoms with Gasteiger partial charge >= 0.3 is 0 Å². The van der Waals surface area contributed by atoms with E-state index in [0.29, 0.717) is 31.7 Å². The third kappa shape index (κ3) is 2.26. The normalized spacial score (nSPS) is 20.8. The first kappa shape index (κ1) is 15.4. The lowest BCUT2D eigenvalue weighted by Crippen LogP contribution is -2.30. The molecule has 2 fully saturated rings. The molecule has 0 spiro atoms. The molecule has 0 aliphatic heterocycles. The smallest absolute Gasteiger partial charge is 0.133 e. The zero-order valence-electron chi connectivity index (χ0n) is 14.2. The van der Waals surface area contributed by atoms with Gasteiger partial charge in [0.1, 0.15) is 5.78 Å². The number of fused-ring (bicyclic) bond motifs is 1. The Bertz CT molecular complexity index is 828. The molecule has 0 atom stereocenters. The number of aromatic nitrogens is 2. The van der Waals surface area contributed by atoms with Crippen molar-refractivity contribution in [3.8, 4) is 6.07 Å². The molecule has 4 nitrogen and oxygen atoms in total. The summed E-state index contributed by atoms with van der Waals surface area (Å²) < 4.78 is 2.19. The van der Waals surface area contributed by atoms with E-state index in [9.17, 15) is 10.1 Å². The summed E-state index contributed by atoms with van der Waals surface area (Å²) in [4.78, 5) is 11.6. The number of hydrogen-bond donors (Lipinski definition) is 0. The Labute approximate surface area is 142 Å². The molecule has 2 aliphatic rings. The number of carbonyl (C=O) groups excluding carboxylic acids is 1. The summed E-state index contributed by atoms with van der Waals surface area (Å²) in [7, 11) is 0. The maximum Gasteiger partial charge on any atom is 0.133 e. The van der Waals surface area contributed by atoms with Crippen molar-refractivity contribution in [3.05, 3.63) is 29.5 Å². The highest BCUT2D eigenvalue weighted by atomic mass is 16.1. The average molecular weight is 321 g/mol. The SMILES string of the molecule is CCc1nn(C2CCC2)c2cc(C3(C#N)CCC(=O)CC3)ccc12. The zero-order valence-corrected chi connectivity index (χ0v) is 14.2. The number of rotatable bonds is 3. The molecule has 24 heavy (non-hydrogen) atoms. The summed E-state index contributed by atoms with van der Waals surface area (Å²) in [5.74, 6) is 0.287. The summed E-state index contributed by atoms with van der Waals surface area (Å²) in [6.45, 7) is 2.14. The van der Waals surface area contributed by atoms with E-state index in [-0.39, 0.29) is 5.78 Å². The van der Waals surface area contributed by atoms with Gasteiger partial charge in [0.2, 0.25) is 0 Å². The molecule has 4 heteroatoms. The maximum absolute atomic E-state index is 11.6. The number of ketones is 1. The van der Waals surface area contributed by atoms with Crippen molar-refractivity contribution in [3.63, 3.8) is 0 Å². The zero-order chi connectivity index (χ0) is 16.7. The minimum absolute atomic E-state index is 0.287. The third-order valence-electron chi connectivity index (χ3n) is 5.97. The van der Waals surface area contributed by atoms with Crippen molar-refractivity contribution in [1.82, 2.24) is 9.78 Å². The van der Waals surface area contributed by atoms with Crippen LogP contribution in [0.3, 0.4) is 0 Å². The van der Waals surface area contributed by atoms with Gasteiger partial charge < -0.3 is 0 Å². The van der Waals surface area contributed by atoms with Gasteiger partial charge in [-0.25, -0.2) is 0 Å². The molecule has 4 rings (SSSR count). The van der Waals surface area contributed by atoms with Crippen LogP contribution in [-0.4, -0.2) is 15.6 Å². The molecule has 1 aromatic carbocycles. The van der Waals surface area contributed by atoms with E-state index >= 15 is 0 Å². The first-order chi connectivity index (χ1) is 11.7. The van der Waals surface area contributed by atoms with Crippen molar-refractivity contribution in [2.24, 2.45) is 0 Å². The van der Waals surface area contributed by atoms with Crippen LogP contribution in [0.15, 0.2) is 18.2 Å². The van der Waals surface area contributed by atoms with Crippen LogP contribution in [0.5, 0.6) is 0 Å². The second-order valence-corrected chi connectivity index (χ2v) is 7.29. The van der Waals surface area contributed by atoms with Crippen molar-refractivity contribution >= 4 is 16.7 Å². The lowest BCUT2D eigenvalue weighted by molar-refractivity contribution is -0.120. The van der Waals surface area contributed by atoms with Crippen molar-refractivity contribution < 1.29 is 4.79 Å². The van der Waals surface area contributed by atoms with Gasteiger partial charge in [0.05, 0.1) is 28.7 Å². The molecule has 2 saturated carbocycles. The summed E-state index contributed by atoms with van der Waals surface area (Å²) in [6, 6.07) is 9.45. The summed E-state index contributed by atoms with van der Waals surface area (Å²) in [6.07, 6.45) is 6.93. The topological polar surface area (TPSA) is 58.7 Å². The minimum Gasteiger partial charge on any atom is -0.300 e. The number of carbonyl (C=O) groups is 1. The Morgan fingerprint density at radius 2 is 2.08 bits per heavy atom. The van der Waals surface area contributed by atoms with Gasteiger partial charge in [-0.05, 0) is 50.2 Å². The van der Waals surface area contributed by atoms with E-state index in [0.717, 1.165) is 17.7 Å². The van der Waals surface area contributed by atoms with E-state index in [1.807, 2.05) is 0 Å². The quantitative estimate of drug-likeness (QED) is 0.850. The number of hydrogen-bond acceptors (Lipinski definition) is 3. The predicted octanol–water partition coefficient (Wildman–Crippen LogP) is 4.23. The van der Waals surface area contributed by atoms with Crippen LogP contribution in [0.4, 0.5) is 0 Å². The molecule has 1 heterocycles. The van der Waals surface area contributed by atoms with E-state index in [1.54, 1.807) is 0 Å². The molecule has 0 N–H and O–H groups in total.